The van der Waals surface area contributed by atoms with Crippen LogP contribution in [0.1, 0.15) is 31.2 Å². The van der Waals surface area contributed by atoms with Crippen molar-refractivity contribution in [2.45, 2.75) is 43.5 Å². The van der Waals surface area contributed by atoms with Crippen LogP contribution >= 0.6 is 11.6 Å². The fourth-order valence-electron chi connectivity index (χ4n) is 2.67. The third-order valence-electron chi connectivity index (χ3n) is 3.71. The van der Waals surface area contributed by atoms with Crippen molar-refractivity contribution in [1.82, 2.24) is 4.31 Å². The molecule has 20 heavy (non-hydrogen) atoms. The minimum Gasteiger partial charge on any atom is -0.396 e. The van der Waals surface area contributed by atoms with E-state index in [0.29, 0.717) is 13.0 Å². The zero-order chi connectivity index (χ0) is 14.8. The fourth-order valence-corrected chi connectivity index (χ4v) is 4.97. The molecule has 0 aliphatic carbocycles. The number of aliphatic hydroxyl groups excluding tert-OH is 1. The van der Waals surface area contributed by atoms with Gasteiger partial charge in [-0.15, -0.1) is 0 Å². The molecule has 1 aromatic carbocycles. The number of benzene rings is 1. The number of aliphatic hydroxyl groups is 1. The van der Waals surface area contributed by atoms with Crippen molar-refractivity contribution in [2.24, 2.45) is 0 Å². The Balaban J connectivity index is 2.37. The largest absolute Gasteiger partial charge is 0.396 e. The van der Waals surface area contributed by atoms with Crippen molar-refractivity contribution in [2.75, 3.05) is 13.2 Å². The van der Waals surface area contributed by atoms with Crippen LogP contribution in [0.4, 0.5) is 0 Å². The number of nitrogens with zero attached hydrogens (tertiary/aromatic N) is 1. The highest BCUT2D eigenvalue weighted by Crippen LogP contribution is 2.31. The second kappa shape index (κ2) is 6.43. The van der Waals surface area contributed by atoms with Crippen LogP contribution in [0, 0.1) is 6.92 Å². The Morgan fingerprint density at radius 2 is 2.15 bits per heavy atom. The molecule has 6 heteroatoms. The first kappa shape index (κ1) is 15.8. The van der Waals surface area contributed by atoms with Gasteiger partial charge in [0.05, 0.1) is 5.02 Å². The van der Waals surface area contributed by atoms with Crippen molar-refractivity contribution in [3.63, 3.8) is 0 Å². The maximum atomic E-state index is 12.8. The summed E-state index contributed by atoms with van der Waals surface area (Å²) in [5.41, 5.74) is 0.930. The smallest absolute Gasteiger partial charge is 0.244 e. The Morgan fingerprint density at radius 3 is 2.80 bits per heavy atom. The van der Waals surface area contributed by atoms with Gasteiger partial charge in [-0.3, -0.25) is 0 Å². The summed E-state index contributed by atoms with van der Waals surface area (Å²) in [6, 6.07) is 4.86. The Labute approximate surface area is 125 Å². The Bertz CT molecular complexity index is 572. The van der Waals surface area contributed by atoms with E-state index >= 15 is 0 Å². The normalized spacial score (nSPS) is 21.1. The van der Waals surface area contributed by atoms with Crippen LogP contribution in [0.15, 0.2) is 23.1 Å². The SMILES string of the molecule is Cc1ccc(S(=O)(=O)N2CCCCC2CCO)c(Cl)c1. The second-order valence-corrected chi connectivity index (χ2v) is 7.48. The number of rotatable bonds is 4. The molecular formula is C14H20ClNO3S. The molecule has 0 radical (unpaired) electrons. The summed E-state index contributed by atoms with van der Waals surface area (Å²) in [5.74, 6) is 0. The van der Waals surface area contributed by atoms with Crippen molar-refractivity contribution >= 4 is 21.6 Å². The van der Waals surface area contributed by atoms with Gasteiger partial charge in [0.1, 0.15) is 4.90 Å². The second-order valence-electron chi connectivity index (χ2n) is 5.21. The minimum absolute atomic E-state index is 0.00167. The predicted octanol–water partition coefficient (Wildman–Crippen LogP) is 2.57. The van der Waals surface area contributed by atoms with E-state index in [2.05, 4.69) is 0 Å². The van der Waals surface area contributed by atoms with Gasteiger partial charge in [-0.1, -0.05) is 24.1 Å². The van der Waals surface area contributed by atoms with E-state index in [1.807, 2.05) is 6.92 Å². The molecule has 1 saturated heterocycles. The van der Waals surface area contributed by atoms with Gasteiger partial charge < -0.3 is 5.11 Å². The monoisotopic (exact) mass is 317 g/mol. The lowest BCUT2D eigenvalue weighted by atomic mass is 10.0. The quantitative estimate of drug-likeness (QED) is 0.928. The average Bonchev–Trinajstić information content (AvgIpc) is 2.39. The molecule has 1 heterocycles. The first-order valence-electron chi connectivity index (χ1n) is 6.85. The zero-order valence-corrected chi connectivity index (χ0v) is 13.1. The van der Waals surface area contributed by atoms with Gasteiger partial charge in [-0.25, -0.2) is 8.42 Å². The number of piperidine rings is 1. The average molecular weight is 318 g/mol. The van der Waals surface area contributed by atoms with Gasteiger partial charge in [-0.05, 0) is 43.9 Å². The summed E-state index contributed by atoms with van der Waals surface area (Å²) in [6.45, 7) is 2.37. The maximum absolute atomic E-state index is 12.8. The van der Waals surface area contributed by atoms with Gasteiger partial charge in [0, 0.05) is 19.2 Å². The van der Waals surface area contributed by atoms with E-state index in [4.69, 9.17) is 16.7 Å². The highest BCUT2D eigenvalue weighted by atomic mass is 35.5. The highest BCUT2D eigenvalue weighted by Gasteiger charge is 2.34. The summed E-state index contributed by atoms with van der Waals surface area (Å²) in [5, 5.41) is 9.38. The summed E-state index contributed by atoms with van der Waals surface area (Å²) in [4.78, 5) is 0.162. The zero-order valence-electron chi connectivity index (χ0n) is 11.5. The molecule has 0 saturated carbocycles. The number of hydrogen-bond acceptors (Lipinski definition) is 3. The van der Waals surface area contributed by atoms with Crippen molar-refractivity contribution in [1.29, 1.82) is 0 Å². The third-order valence-corrected chi connectivity index (χ3v) is 6.14. The number of sulfonamides is 1. The van der Waals surface area contributed by atoms with E-state index in [0.717, 1.165) is 24.8 Å². The lowest BCUT2D eigenvalue weighted by Gasteiger charge is -2.34. The molecule has 1 unspecified atom stereocenters. The molecule has 1 aromatic rings. The van der Waals surface area contributed by atoms with Crippen molar-refractivity contribution in [3.8, 4) is 0 Å². The lowest BCUT2D eigenvalue weighted by molar-refractivity contribution is 0.192. The summed E-state index contributed by atoms with van der Waals surface area (Å²) >= 11 is 6.10. The molecule has 2 rings (SSSR count). The molecule has 1 aliphatic heterocycles. The van der Waals surface area contributed by atoms with Gasteiger partial charge in [0.2, 0.25) is 10.0 Å². The van der Waals surface area contributed by atoms with E-state index in [9.17, 15) is 8.42 Å². The first-order valence-corrected chi connectivity index (χ1v) is 8.67. The predicted molar refractivity (Wildman–Crippen MR) is 79.4 cm³/mol. The summed E-state index contributed by atoms with van der Waals surface area (Å²) in [6.07, 6.45) is 3.12. The van der Waals surface area contributed by atoms with Crippen LogP contribution in [-0.2, 0) is 10.0 Å². The van der Waals surface area contributed by atoms with Crippen LogP contribution in [0.2, 0.25) is 5.02 Å². The summed E-state index contributed by atoms with van der Waals surface area (Å²) < 4.78 is 27.0. The van der Waals surface area contributed by atoms with Gasteiger partial charge >= 0.3 is 0 Å². The van der Waals surface area contributed by atoms with Crippen molar-refractivity contribution < 1.29 is 13.5 Å². The molecule has 1 N–H and O–H groups in total. The van der Waals surface area contributed by atoms with Crippen molar-refractivity contribution in [3.05, 3.63) is 28.8 Å². The molecule has 0 amide bonds. The minimum atomic E-state index is -3.59. The molecule has 112 valence electrons. The van der Waals surface area contributed by atoms with Crippen LogP contribution in [0.25, 0.3) is 0 Å². The topological polar surface area (TPSA) is 57.6 Å². The molecular weight excluding hydrogens is 298 g/mol. The number of aryl methyl sites for hydroxylation is 1. The van der Waals surface area contributed by atoms with E-state index < -0.39 is 10.0 Å². The lowest BCUT2D eigenvalue weighted by Crippen LogP contribution is -2.44. The Hall–Kier alpha value is -0.620. The highest BCUT2D eigenvalue weighted by molar-refractivity contribution is 7.89. The maximum Gasteiger partial charge on any atom is 0.244 e. The van der Waals surface area contributed by atoms with Crippen LogP contribution in [0.3, 0.4) is 0 Å². The number of halogens is 1. The molecule has 0 aromatic heterocycles. The van der Waals surface area contributed by atoms with E-state index in [1.54, 1.807) is 18.2 Å². The standard InChI is InChI=1S/C14H20ClNO3S/c1-11-5-6-14(13(15)10-11)20(18,19)16-8-3-2-4-12(16)7-9-17/h5-6,10,12,17H,2-4,7-9H2,1H3. The van der Waals surface area contributed by atoms with Gasteiger partial charge in [0.15, 0.2) is 0 Å². The van der Waals surface area contributed by atoms with Crippen LogP contribution in [0.5, 0.6) is 0 Å². The summed E-state index contributed by atoms with van der Waals surface area (Å²) in [7, 11) is -3.59. The van der Waals surface area contributed by atoms with Crippen LogP contribution in [-0.4, -0.2) is 37.0 Å². The Kier molecular flexibility index (Phi) is 5.07. The first-order chi connectivity index (χ1) is 9.46. The molecule has 4 nitrogen and oxygen atoms in total. The molecule has 0 spiro atoms. The molecule has 1 fully saturated rings. The van der Waals surface area contributed by atoms with E-state index in [1.165, 1.54) is 4.31 Å². The molecule has 0 bridgehead atoms. The molecule has 1 atom stereocenters. The molecule has 1 aliphatic rings. The van der Waals surface area contributed by atoms with Gasteiger partial charge in [-0.2, -0.15) is 4.31 Å². The van der Waals surface area contributed by atoms with Gasteiger partial charge in [0.25, 0.3) is 0 Å². The fraction of sp³-hybridized carbons (Fsp3) is 0.571. The third kappa shape index (κ3) is 3.17. The van der Waals surface area contributed by atoms with Crippen LogP contribution < -0.4 is 0 Å². The Morgan fingerprint density at radius 1 is 1.40 bits per heavy atom. The van der Waals surface area contributed by atoms with E-state index in [-0.39, 0.29) is 22.6 Å². The number of hydrogen-bond donors (Lipinski definition) is 1.